The molecular formula is C11H19N3O4. The predicted molar refractivity (Wildman–Crippen MR) is 67.7 cm³/mol. The number of rotatable bonds is 7. The molecule has 1 rings (SSSR count). The van der Waals surface area contributed by atoms with Crippen LogP contribution in [0.15, 0.2) is 15.8 Å². The van der Waals surface area contributed by atoms with Gasteiger partial charge in [0.2, 0.25) is 0 Å². The normalized spacial score (nSPS) is 10.8. The average molecular weight is 257 g/mol. The van der Waals surface area contributed by atoms with Crippen molar-refractivity contribution >= 4 is 5.69 Å². The second-order valence-electron chi connectivity index (χ2n) is 3.89. The molecule has 102 valence electrons. The van der Waals surface area contributed by atoms with Crippen LogP contribution >= 0.6 is 0 Å². The summed E-state index contributed by atoms with van der Waals surface area (Å²) in [4.78, 5) is 23.4. The Labute approximate surface area is 105 Å². The number of ether oxygens (including phenoxy) is 2. The molecule has 1 aromatic rings. The molecule has 0 fully saturated rings. The molecule has 1 heterocycles. The summed E-state index contributed by atoms with van der Waals surface area (Å²) in [5.74, 6) is 0. The molecule has 2 N–H and O–H groups in total. The van der Waals surface area contributed by atoms with E-state index in [1.54, 1.807) is 14.2 Å². The van der Waals surface area contributed by atoms with E-state index in [4.69, 9.17) is 15.2 Å². The number of hydrogen-bond acceptors (Lipinski definition) is 5. The zero-order chi connectivity index (χ0) is 13.5. The lowest BCUT2D eigenvalue weighted by Gasteiger charge is -2.08. The van der Waals surface area contributed by atoms with E-state index in [1.165, 1.54) is 10.8 Å². The molecule has 7 heteroatoms. The molecule has 18 heavy (non-hydrogen) atoms. The van der Waals surface area contributed by atoms with E-state index in [0.29, 0.717) is 19.8 Å². The molecule has 0 amide bonds. The number of aromatic nitrogens is 2. The maximum atomic E-state index is 11.7. The van der Waals surface area contributed by atoms with Gasteiger partial charge in [0.05, 0.1) is 13.2 Å². The molecule has 0 aliphatic carbocycles. The first-order chi connectivity index (χ1) is 8.57. The Balaban J connectivity index is 2.58. The van der Waals surface area contributed by atoms with Gasteiger partial charge in [-0.05, 0) is 6.42 Å². The molecule has 0 saturated heterocycles. The van der Waals surface area contributed by atoms with Crippen molar-refractivity contribution in [3.05, 3.63) is 27.0 Å². The Kier molecular flexibility index (Phi) is 5.60. The fourth-order valence-electron chi connectivity index (χ4n) is 1.51. The summed E-state index contributed by atoms with van der Waals surface area (Å²) < 4.78 is 12.5. The standard InChI is InChI=1S/C11H19N3O4/c1-13-8-9(12)10(15)14(11(13)16)4-7-18-6-3-5-17-2/h8H,3-7,12H2,1-2H3. The molecule has 0 unspecified atom stereocenters. The van der Waals surface area contributed by atoms with Gasteiger partial charge in [0, 0.05) is 33.6 Å². The van der Waals surface area contributed by atoms with Crippen LogP contribution in [-0.2, 0) is 23.1 Å². The molecule has 1 aromatic heterocycles. The summed E-state index contributed by atoms with van der Waals surface area (Å²) in [6.45, 7) is 1.65. The Morgan fingerprint density at radius 3 is 2.67 bits per heavy atom. The van der Waals surface area contributed by atoms with Crippen LogP contribution in [0, 0.1) is 0 Å². The van der Waals surface area contributed by atoms with Crippen molar-refractivity contribution in [3.63, 3.8) is 0 Å². The van der Waals surface area contributed by atoms with Crippen LogP contribution in [0.25, 0.3) is 0 Å². The van der Waals surface area contributed by atoms with E-state index >= 15 is 0 Å². The molecule has 7 nitrogen and oxygen atoms in total. The first kappa shape index (κ1) is 14.5. The summed E-state index contributed by atoms with van der Waals surface area (Å²) in [7, 11) is 3.17. The number of aryl methyl sites for hydroxylation is 1. The number of nitrogens with two attached hydrogens (primary N) is 1. The molecular weight excluding hydrogens is 238 g/mol. The van der Waals surface area contributed by atoms with Crippen LogP contribution in [0.2, 0.25) is 0 Å². The van der Waals surface area contributed by atoms with Crippen molar-refractivity contribution < 1.29 is 9.47 Å². The van der Waals surface area contributed by atoms with E-state index in [1.807, 2.05) is 0 Å². The smallest absolute Gasteiger partial charge is 0.330 e. The van der Waals surface area contributed by atoms with E-state index in [-0.39, 0.29) is 12.2 Å². The predicted octanol–water partition coefficient (Wildman–Crippen LogP) is -0.818. The van der Waals surface area contributed by atoms with Crippen LogP contribution in [0.1, 0.15) is 6.42 Å². The molecule has 0 bridgehead atoms. The Morgan fingerprint density at radius 2 is 2.00 bits per heavy atom. The van der Waals surface area contributed by atoms with Crippen molar-refractivity contribution in [2.24, 2.45) is 7.05 Å². The van der Waals surface area contributed by atoms with Crippen molar-refractivity contribution in [2.75, 3.05) is 32.7 Å². The molecule has 0 radical (unpaired) electrons. The van der Waals surface area contributed by atoms with Gasteiger partial charge in [0.15, 0.2) is 0 Å². The number of nitrogen functional groups attached to an aromatic ring is 1. The molecule has 0 aromatic carbocycles. The van der Waals surface area contributed by atoms with Crippen molar-refractivity contribution in [3.8, 4) is 0 Å². The summed E-state index contributed by atoms with van der Waals surface area (Å²) in [6, 6.07) is 0. The van der Waals surface area contributed by atoms with Gasteiger partial charge in [-0.2, -0.15) is 0 Å². The minimum absolute atomic E-state index is 0.0523. The van der Waals surface area contributed by atoms with Gasteiger partial charge in [-0.15, -0.1) is 0 Å². The minimum Gasteiger partial charge on any atom is -0.393 e. The lowest BCUT2D eigenvalue weighted by molar-refractivity contribution is 0.0965. The highest BCUT2D eigenvalue weighted by Crippen LogP contribution is 1.88. The summed E-state index contributed by atoms with van der Waals surface area (Å²) in [5, 5.41) is 0. The molecule has 0 saturated carbocycles. The monoisotopic (exact) mass is 257 g/mol. The second kappa shape index (κ2) is 6.97. The van der Waals surface area contributed by atoms with Crippen LogP contribution in [-0.4, -0.2) is 36.1 Å². The van der Waals surface area contributed by atoms with Crippen LogP contribution < -0.4 is 17.0 Å². The van der Waals surface area contributed by atoms with Crippen LogP contribution in [0.4, 0.5) is 5.69 Å². The van der Waals surface area contributed by atoms with E-state index in [0.717, 1.165) is 11.0 Å². The third-order valence-corrected chi connectivity index (χ3v) is 2.45. The highest BCUT2D eigenvalue weighted by atomic mass is 16.5. The van der Waals surface area contributed by atoms with Gasteiger partial charge in [-0.1, -0.05) is 0 Å². The van der Waals surface area contributed by atoms with Gasteiger partial charge in [0.1, 0.15) is 5.69 Å². The van der Waals surface area contributed by atoms with Crippen LogP contribution in [0.5, 0.6) is 0 Å². The maximum absolute atomic E-state index is 11.7. The van der Waals surface area contributed by atoms with Gasteiger partial charge in [-0.3, -0.25) is 9.36 Å². The van der Waals surface area contributed by atoms with E-state index in [2.05, 4.69) is 0 Å². The van der Waals surface area contributed by atoms with Gasteiger partial charge in [-0.25, -0.2) is 4.79 Å². The van der Waals surface area contributed by atoms with Gasteiger partial charge >= 0.3 is 5.69 Å². The van der Waals surface area contributed by atoms with E-state index < -0.39 is 11.2 Å². The third kappa shape index (κ3) is 3.71. The highest BCUT2D eigenvalue weighted by Gasteiger charge is 2.06. The third-order valence-electron chi connectivity index (χ3n) is 2.45. The van der Waals surface area contributed by atoms with Crippen molar-refractivity contribution in [1.29, 1.82) is 0 Å². The number of hydrogen-bond donors (Lipinski definition) is 1. The molecule has 0 atom stereocenters. The maximum Gasteiger partial charge on any atom is 0.330 e. The highest BCUT2D eigenvalue weighted by molar-refractivity contribution is 5.30. The zero-order valence-electron chi connectivity index (χ0n) is 10.7. The molecule has 0 aliphatic heterocycles. The Bertz CT molecular complexity index is 458. The first-order valence-corrected chi connectivity index (χ1v) is 5.70. The minimum atomic E-state index is -0.474. The number of anilines is 1. The Morgan fingerprint density at radius 1 is 1.28 bits per heavy atom. The average Bonchev–Trinajstić information content (AvgIpc) is 2.35. The van der Waals surface area contributed by atoms with Gasteiger partial charge < -0.3 is 19.8 Å². The van der Waals surface area contributed by atoms with Crippen LogP contribution in [0.3, 0.4) is 0 Å². The number of nitrogens with zero attached hydrogens (tertiary/aromatic N) is 2. The van der Waals surface area contributed by atoms with Gasteiger partial charge in [0.25, 0.3) is 5.56 Å². The van der Waals surface area contributed by atoms with E-state index in [9.17, 15) is 9.59 Å². The largest absolute Gasteiger partial charge is 0.393 e. The summed E-state index contributed by atoms with van der Waals surface area (Å²) in [6.07, 6.45) is 2.10. The zero-order valence-corrected chi connectivity index (χ0v) is 10.7. The topological polar surface area (TPSA) is 88.5 Å². The summed E-state index contributed by atoms with van der Waals surface area (Å²) in [5.41, 5.74) is 4.69. The van der Waals surface area contributed by atoms with Crippen molar-refractivity contribution in [1.82, 2.24) is 9.13 Å². The lowest BCUT2D eigenvalue weighted by atomic mass is 10.5. The quantitative estimate of drug-likeness (QED) is 0.645. The van der Waals surface area contributed by atoms with Crippen molar-refractivity contribution in [2.45, 2.75) is 13.0 Å². The second-order valence-corrected chi connectivity index (χ2v) is 3.89. The fourth-order valence-corrected chi connectivity index (χ4v) is 1.51. The Hall–Kier alpha value is -1.60. The fraction of sp³-hybridized carbons (Fsp3) is 0.636. The number of methoxy groups -OCH3 is 1. The summed E-state index contributed by atoms with van der Waals surface area (Å²) >= 11 is 0. The first-order valence-electron chi connectivity index (χ1n) is 5.70. The SMILES string of the molecule is COCCCOCCn1c(=O)c(N)cn(C)c1=O. The lowest BCUT2D eigenvalue weighted by Crippen LogP contribution is -2.40. The molecule has 0 spiro atoms. The molecule has 0 aliphatic rings.